The number of rotatable bonds is 3. The van der Waals surface area contributed by atoms with E-state index in [9.17, 15) is 14.4 Å². The van der Waals surface area contributed by atoms with E-state index in [-0.39, 0.29) is 12.2 Å². The number of hydrogen-bond donors (Lipinski definition) is 0. The Labute approximate surface area is 109 Å². The zero-order valence-electron chi connectivity index (χ0n) is 9.97. The summed E-state index contributed by atoms with van der Waals surface area (Å²) >= 11 is 5.71. The summed E-state index contributed by atoms with van der Waals surface area (Å²) in [5.41, 5.74) is 0.365. The maximum Gasteiger partial charge on any atom is 0.340 e. The van der Waals surface area contributed by atoms with Crippen molar-refractivity contribution in [2.24, 2.45) is 0 Å². The van der Waals surface area contributed by atoms with E-state index in [0.29, 0.717) is 10.7 Å². The molecule has 0 bridgehead atoms. The zero-order chi connectivity index (χ0) is 13.7. The fourth-order valence-electron chi connectivity index (χ4n) is 1.21. The summed E-state index contributed by atoms with van der Waals surface area (Å²) in [7, 11) is 0. The molecule has 18 heavy (non-hydrogen) atoms. The van der Waals surface area contributed by atoms with E-state index in [1.54, 1.807) is 12.1 Å². The number of Topliss-reactive ketones (excluding diaryl/α,β-unsaturated/α-hetero) is 1. The van der Waals surface area contributed by atoms with Crippen LogP contribution < -0.4 is 5.06 Å². The molecule has 0 saturated heterocycles. The van der Waals surface area contributed by atoms with Crippen molar-refractivity contribution in [3.8, 4) is 0 Å². The number of benzene rings is 1. The van der Waals surface area contributed by atoms with Gasteiger partial charge in [-0.2, -0.15) is 0 Å². The van der Waals surface area contributed by atoms with Gasteiger partial charge in [0.15, 0.2) is 0 Å². The molecular weight excluding hydrogens is 258 g/mol. The summed E-state index contributed by atoms with van der Waals surface area (Å²) in [4.78, 5) is 38.3. The summed E-state index contributed by atoms with van der Waals surface area (Å²) in [6.45, 7) is 2.51. The molecule has 6 heteroatoms. The first-order chi connectivity index (χ1) is 8.40. The van der Waals surface area contributed by atoms with E-state index in [2.05, 4.69) is 0 Å². The van der Waals surface area contributed by atoms with Gasteiger partial charge < -0.3 is 4.84 Å². The summed E-state index contributed by atoms with van der Waals surface area (Å²) in [5, 5.41) is 1.32. The third kappa shape index (κ3) is 4.18. The van der Waals surface area contributed by atoms with Crippen molar-refractivity contribution in [3.63, 3.8) is 0 Å². The Hall–Kier alpha value is -1.88. The number of anilines is 1. The van der Waals surface area contributed by atoms with E-state index >= 15 is 0 Å². The Balaban J connectivity index is 2.83. The van der Waals surface area contributed by atoms with Crippen molar-refractivity contribution in [1.82, 2.24) is 0 Å². The number of amides is 1. The van der Waals surface area contributed by atoms with Crippen LogP contribution >= 0.6 is 11.6 Å². The van der Waals surface area contributed by atoms with Gasteiger partial charge >= 0.3 is 5.97 Å². The molecule has 0 fully saturated rings. The fourth-order valence-corrected chi connectivity index (χ4v) is 1.34. The van der Waals surface area contributed by atoms with Crippen molar-refractivity contribution < 1.29 is 19.2 Å². The van der Waals surface area contributed by atoms with Gasteiger partial charge in [0.2, 0.25) is 0 Å². The van der Waals surface area contributed by atoms with Crippen LogP contribution in [0.25, 0.3) is 0 Å². The lowest BCUT2D eigenvalue weighted by Crippen LogP contribution is -2.32. The molecule has 1 amide bonds. The molecule has 0 spiro atoms. The molecule has 1 aromatic carbocycles. The van der Waals surface area contributed by atoms with Crippen molar-refractivity contribution in [2.45, 2.75) is 20.3 Å². The predicted molar refractivity (Wildman–Crippen MR) is 66.0 cm³/mol. The van der Waals surface area contributed by atoms with Crippen LogP contribution in [0.15, 0.2) is 24.3 Å². The second-order valence-corrected chi connectivity index (χ2v) is 4.07. The van der Waals surface area contributed by atoms with E-state index in [4.69, 9.17) is 16.4 Å². The first-order valence-corrected chi connectivity index (χ1v) is 5.54. The molecule has 0 aromatic heterocycles. The number of carbonyl (C=O) groups excluding carboxylic acids is 3. The third-order valence-corrected chi connectivity index (χ3v) is 2.19. The van der Waals surface area contributed by atoms with E-state index < -0.39 is 11.9 Å². The normalized spacial score (nSPS) is 9.72. The Morgan fingerprint density at radius 3 is 2.17 bits per heavy atom. The van der Waals surface area contributed by atoms with Crippen molar-refractivity contribution in [1.29, 1.82) is 0 Å². The van der Waals surface area contributed by atoms with Gasteiger partial charge in [-0.1, -0.05) is 11.6 Å². The highest BCUT2D eigenvalue weighted by atomic mass is 35.5. The summed E-state index contributed by atoms with van der Waals surface area (Å²) in [5.74, 6) is -1.60. The highest BCUT2D eigenvalue weighted by Gasteiger charge is 2.18. The molecule has 0 N–H and O–H groups in total. The maximum absolute atomic E-state index is 11.4. The summed E-state index contributed by atoms with van der Waals surface area (Å²) in [6, 6.07) is 6.19. The molecule has 0 radical (unpaired) electrons. The lowest BCUT2D eigenvalue weighted by atomic mass is 10.3. The minimum Gasteiger partial charge on any atom is -0.333 e. The van der Waals surface area contributed by atoms with Gasteiger partial charge in [0, 0.05) is 11.9 Å². The molecule has 0 aliphatic carbocycles. The number of halogens is 1. The predicted octanol–water partition coefficient (Wildman–Crippen LogP) is 2.13. The van der Waals surface area contributed by atoms with Crippen LogP contribution in [-0.4, -0.2) is 17.7 Å². The van der Waals surface area contributed by atoms with Gasteiger partial charge in [-0.25, -0.2) is 4.79 Å². The molecule has 0 unspecified atom stereocenters. The zero-order valence-corrected chi connectivity index (χ0v) is 10.7. The van der Waals surface area contributed by atoms with Gasteiger partial charge in [-0.15, -0.1) is 5.06 Å². The molecule has 1 aromatic rings. The van der Waals surface area contributed by atoms with Crippen LogP contribution in [0.4, 0.5) is 5.69 Å². The monoisotopic (exact) mass is 269 g/mol. The molecule has 96 valence electrons. The van der Waals surface area contributed by atoms with Gasteiger partial charge in [-0.3, -0.25) is 9.59 Å². The molecule has 1 rings (SSSR count). The maximum atomic E-state index is 11.4. The highest BCUT2D eigenvalue weighted by molar-refractivity contribution is 6.30. The number of hydrogen-bond acceptors (Lipinski definition) is 4. The van der Waals surface area contributed by atoms with Crippen molar-refractivity contribution in [2.75, 3.05) is 5.06 Å². The Morgan fingerprint density at radius 2 is 1.72 bits per heavy atom. The van der Waals surface area contributed by atoms with Crippen LogP contribution in [0.1, 0.15) is 20.3 Å². The summed E-state index contributed by atoms with van der Waals surface area (Å²) in [6.07, 6.45) is -0.378. The van der Waals surface area contributed by atoms with Crippen LogP contribution in [-0.2, 0) is 19.2 Å². The van der Waals surface area contributed by atoms with E-state index in [1.165, 1.54) is 26.0 Å². The smallest absolute Gasteiger partial charge is 0.333 e. The van der Waals surface area contributed by atoms with Crippen LogP contribution in [0, 0.1) is 0 Å². The second-order valence-electron chi connectivity index (χ2n) is 3.63. The standard InChI is InChI=1S/C12H12ClNO4/c1-8(15)7-12(17)18-14(9(2)16)11-5-3-10(13)4-6-11/h3-6H,7H2,1-2H3. The Morgan fingerprint density at radius 1 is 1.17 bits per heavy atom. The van der Waals surface area contributed by atoms with E-state index in [0.717, 1.165) is 5.06 Å². The van der Waals surface area contributed by atoms with Gasteiger partial charge in [0.1, 0.15) is 12.2 Å². The highest BCUT2D eigenvalue weighted by Crippen LogP contribution is 2.18. The van der Waals surface area contributed by atoms with Gasteiger partial charge in [-0.05, 0) is 31.2 Å². The van der Waals surface area contributed by atoms with E-state index in [1.807, 2.05) is 0 Å². The quantitative estimate of drug-likeness (QED) is 0.623. The number of hydroxylamine groups is 1. The number of nitrogens with zero attached hydrogens (tertiary/aromatic N) is 1. The summed E-state index contributed by atoms with van der Waals surface area (Å²) < 4.78 is 0. The molecule has 0 atom stereocenters. The molecule has 5 nitrogen and oxygen atoms in total. The SMILES string of the molecule is CC(=O)CC(=O)ON(C(C)=O)c1ccc(Cl)cc1. The lowest BCUT2D eigenvalue weighted by molar-refractivity contribution is -0.151. The fraction of sp³-hybridized carbons (Fsp3) is 0.250. The Bertz CT molecular complexity index is 469. The first kappa shape index (κ1) is 14.2. The minimum absolute atomic E-state index is 0.334. The number of ketones is 1. The molecule has 0 heterocycles. The molecule has 0 saturated carbocycles. The van der Waals surface area contributed by atoms with Crippen LogP contribution in [0.2, 0.25) is 5.02 Å². The van der Waals surface area contributed by atoms with Crippen LogP contribution in [0.3, 0.4) is 0 Å². The van der Waals surface area contributed by atoms with Crippen molar-refractivity contribution >= 4 is 34.9 Å². The van der Waals surface area contributed by atoms with Gasteiger partial charge in [0.05, 0.1) is 5.69 Å². The largest absolute Gasteiger partial charge is 0.340 e. The average Bonchev–Trinajstić information content (AvgIpc) is 2.26. The molecular formula is C12H12ClNO4. The molecule has 0 aliphatic rings. The number of carbonyl (C=O) groups is 3. The minimum atomic E-state index is -0.785. The van der Waals surface area contributed by atoms with Crippen LogP contribution in [0.5, 0.6) is 0 Å². The second kappa shape index (κ2) is 6.16. The van der Waals surface area contributed by atoms with Gasteiger partial charge in [0.25, 0.3) is 5.91 Å². The Kier molecular flexibility index (Phi) is 4.85. The van der Waals surface area contributed by atoms with Crippen molar-refractivity contribution in [3.05, 3.63) is 29.3 Å². The first-order valence-electron chi connectivity index (χ1n) is 5.16. The topological polar surface area (TPSA) is 63.7 Å². The average molecular weight is 270 g/mol. The third-order valence-electron chi connectivity index (χ3n) is 1.93. The lowest BCUT2D eigenvalue weighted by Gasteiger charge is -2.19. The molecule has 0 aliphatic heterocycles.